The van der Waals surface area contributed by atoms with Crippen molar-refractivity contribution in [1.29, 1.82) is 0 Å². The number of hydrogen-bond donors (Lipinski definition) is 0. The Labute approximate surface area is 230 Å². The molecule has 40 heavy (non-hydrogen) atoms. The van der Waals surface area contributed by atoms with Gasteiger partial charge >= 0.3 is 0 Å². The predicted octanol–water partition coefficient (Wildman–Crippen LogP) is 8.88. The monoisotopic (exact) mass is 510 g/mol. The first-order chi connectivity index (χ1) is 19.8. The molecule has 0 aliphatic heterocycles. The Morgan fingerprint density at radius 3 is 1.27 bits per heavy atom. The van der Waals surface area contributed by atoms with Gasteiger partial charge in [0.15, 0.2) is 11.6 Å². The molecule has 8 aromatic rings. The van der Waals surface area contributed by atoms with Crippen LogP contribution in [-0.2, 0) is 0 Å². The van der Waals surface area contributed by atoms with Crippen LogP contribution in [0.5, 0.6) is 0 Å². The number of hydrogen-bond acceptors (Lipinski definition) is 4. The normalized spacial score (nSPS) is 11.5. The average molecular weight is 511 g/mol. The molecule has 0 aliphatic rings. The highest BCUT2D eigenvalue weighted by atomic mass is 14.9. The molecule has 0 unspecified atom stereocenters. The molecule has 4 nitrogen and oxygen atoms in total. The Hall–Kier alpha value is -5.48. The van der Waals surface area contributed by atoms with Crippen molar-refractivity contribution in [1.82, 2.24) is 19.9 Å². The minimum absolute atomic E-state index is 0.714. The van der Waals surface area contributed by atoms with Gasteiger partial charge in [0.1, 0.15) is 0 Å². The molecule has 0 bridgehead atoms. The lowest BCUT2D eigenvalue weighted by atomic mass is 10.00. The van der Waals surface area contributed by atoms with E-state index < -0.39 is 0 Å². The van der Waals surface area contributed by atoms with Gasteiger partial charge in [-0.05, 0) is 34.0 Å². The van der Waals surface area contributed by atoms with Crippen LogP contribution in [0.3, 0.4) is 0 Å². The summed E-state index contributed by atoms with van der Waals surface area (Å²) in [4.78, 5) is 19.4. The van der Waals surface area contributed by atoms with Crippen molar-refractivity contribution in [3.05, 3.63) is 134 Å². The van der Waals surface area contributed by atoms with Crippen LogP contribution in [0.15, 0.2) is 134 Å². The molecule has 2 heterocycles. The molecule has 0 saturated carbocycles. The topological polar surface area (TPSA) is 51.6 Å². The van der Waals surface area contributed by atoms with Gasteiger partial charge in [-0.3, -0.25) is 0 Å². The first-order valence-electron chi connectivity index (χ1n) is 13.3. The van der Waals surface area contributed by atoms with Crippen LogP contribution in [-0.4, -0.2) is 19.9 Å². The summed E-state index contributed by atoms with van der Waals surface area (Å²) in [5.74, 6) is 1.43. The standard InChI is InChI=1S/C36H22N4/c1-3-13-31-23(7-1)15-17-29-21-37-35(39-33(29)31)27-11-5-9-25(19-27)26-10-6-12-28(20-26)36-38-22-30-18-16-24-8-2-4-14-32(24)34(30)40-36/h1-22H. The molecule has 4 heteroatoms. The first kappa shape index (κ1) is 22.5. The van der Waals surface area contributed by atoms with Crippen LogP contribution in [0.25, 0.3) is 77.3 Å². The number of benzene rings is 6. The second kappa shape index (κ2) is 9.07. The maximum atomic E-state index is 5.00. The molecule has 0 aliphatic carbocycles. The van der Waals surface area contributed by atoms with Crippen LogP contribution in [0.2, 0.25) is 0 Å². The van der Waals surface area contributed by atoms with Crippen LogP contribution in [0.4, 0.5) is 0 Å². The molecule has 0 spiro atoms. The summed E-state index contributed by atoms with van der Waals surface area (Å²) in [5.41, 5.74) is 6.07. The summed E-state index contributed by atoms with van der Waals surface area (Å²) in [7, 11) is 0. The van der Waals surface area contributed by atoms with E-state index in [1.165, 1.54) is 10.8 Å². The molecular formula is C36H22N4. The summed E-state index contributed by atoms with van der Waals surface area (Å²) in [6.07, 6.45) is 3.83. The number of fused-ring (bicyclic) bond motifs is 6. The fraction of sp³-hybridized carbons (Fsp3) is 0. The number of rotatable bonds is 3. The zero-order valence-electron chi connectivity index (χ0n) is 21.5. The van der Waals surface area contributed by atoms with Gasteiger partial charge in [-0.25, -0.2) is 19.9 Å². The molecule has 0 amide bonds. The van der Waals surface area contributed by atoms with Gasteiger partial charge in [0.25, 0.3) is 0 Å². The molecule has 186 valence electrons. The van der Waals surface area contributed by atoms with Crippen molar-refractivity contribution >= 4 is 43.4 Å². The molecule has 0 N–H and O–H groups in total. The third kappa shape index (κ3) is 3.77. The zero-order valence-corrected chi connectivity index (χ0v) is 21.5. The van der Waals surface area contributed by atoms with Crippen molar-refractivity contribution in [2.45, 2.75) is 0 Å². The van der Waals surface area contributed by atoms with Crippen molar-refractivity contribution in [2.75, 3.05) is 0 Å². The summed E-state index contributed by atoms with van der Waals surface area (Å²) in [6.45, 7) is 0. The first-order valence-corrected chi connectivity index (χ1v) is 13.3. The highest BCUT2D eigenvalue weighted by Gasteiger charge is 2.10. The van der Waals surface area contributed by atoms with Gasteiger partial charge in [0.05, 0.1) is 11.0 Å². The Balaban J connectivity index is 1.20. The van der Waals surface area contributed by atoms with E-state index in [2.05, 4.69) is 121 Å². The predicted molar refractivity (Wildman–Crippen MR) is 164 cm³/mol. The van der Waals surface area contributed by atoms with E-state index in [9.17, 15) is 0 Å². The number of aromatic nitrogens is 4. The molecule has 0 saturated heterocycles. The second-order valence-corrected chi connectivity index (χ2v) is 10.00. The Bertz CT molecular complexity index is 2080. The van der Waals surface area contributed by atoms with E-state index in [0.29, 0.717) is 11.6 Å². The van der Waals surface area contributed by atoms with Crippen molar-refractivity contribution in [3.8, 4) is 33.9 Å². The molecular weight excluding hydrogens is 488 g/mol. The molecule has 0 fully saturated rings. The fourth-order valence-electron chi connectivity index (χ4n) is 5.49. The van der Waals surface area contributed by atoms with Crippen molar-refractivity contribution < 1.29 is 0 Å². The Kier molecular flexibility index (Phi) is 5.10. The fourth-order valence-corrected chi connectivity index (χ4v) is 5.49. The van der Waals surface area contributed by atoms with Gasteiger partial charge in [-0.15, -0.1) is 0 Å². The minimum atomic E-state index is 0.714. The van der Waals surface area contributed by atoms with E-state index >= 15 is 0 Å². The molecule has 6 aromatic carbocycles. The Morgan fingerprint density at radius 2 is 0.775 bits per heavy atom. The summed E-state index contributed by atoms with van der Waals surface area (Å²) in [6, 6.07) is 41.9. The van der Waals surface area contributed by atoms with E-state index in [-0.39, 0.29) is 0 Å². The van der Waals surface area contributed by atoms with E-state index in [1.54, 1.807) is 0 Å². The Morgan fingerprint density at radius 1 is 0.350 bits per heavy atom. The van der Waals surface area contributed by atoms with Crippen molar-refractivity contribution in [3.63, 3.8) is 0 Å². The average Bonchev–Trinajstić information content (AvgIpc) is 3.04. The SMILES string of the molecule is c1cc(-c2cccc(-c3ncc4ccc5ccccc5c4n3)c2)cc(-c2ncc3ccc4ccccc4c3n2)c1. The molecule has 2 aromatic heterocycles. The van der Waals surface area contributed by atoms with Gasteiger partial charge in [-0.1, -0.05) is 109 Å². The smallest absolute Gasteiger partial charge is 0.159 e. The van der Waals surface area contributed by atoms with Gasteiger partial charge in [-0.2, -0.15) is 0 Å². The van der Waals surface area contributed by atoms with E-state index in [0.717, 1.165) is 54.8 Å². The van der Waals surface area contributed by atoms with Crippen LogP contribution in [0, 0.1) is 0 Å². The maximum absolute atomic E-state index is 5.00. The van der Waals surface area contributed by atoms with Crippen LogP contribution >= 0.6 is 0 Å². The molecule has 8 rings (SSSR count). The zero-order chi connectivity index (χ0) is 26.5. The molecule has 0 radical (unpaired) electrons. The summed E-state index contributed by atoms with van der Waals surface area (Å²) >= 11 is 0. The second-order valence-electron chi connectivity index (χ2n) is 10.00. The minimum Gasteiger partial charge on any atom is -0.236 e. The largest absolute Gasteiger partial charge is 0.236 e. The van der Waals surface area contributed by atoms with Gasteiger partial charge < -0.3 is 0 Å². The number of nitrogens with zero attached hydrogens (tertiary/aromatic N) is 4. The van der Waals surface area contributed by atoms with Gasteiger partial charge in [0, 0.05) is 45.1 Å². The summed E-state index contributed by atoms with van der Waals surface area (Å²) in [5, 5.41) is 6.69. The van der Waals surface area contributed by atoms with Crippen LogP contribution in [0.1, 0.15) is 0 Å². The lowest BCUT2D eigenvalue weighted by molar-refractivity contribution is 1.23. The van der Waals surface area contributed by atoms with Crippen LogP contribution < -0.4 is 0 Å². The van der Waals surface area contributed by atoms with Gasteiger partial charge in [0.2, 0.25) is 0 Å². The highest BCUT2D eigenvalue weighted by molar-refractivity contribution is 6.06. The van der Waals surface area contributed by atoms with E-state index in [1.807, 2.05) is 12.4 Å². The lowest BCUT2D eigenvalue weighted by Gasteiger charge is -2.09. The highest BCUT2D eigenvalue weighted by Crippen LogP contribution is 2.31. The third-order valence-corrected chi connectivity index (χ3v) is 7.53. The van der Waals surface area contributed by atoms with Crippen molar-refractivity contribution in [2.24, 2.45) is 0 Å². The molecule has 0 atom stereocenters. The maximum Gasteiger partial charge on any atom is 0.159 e. The van der Waals surface area contributed by atoms with E-state index in [4.69, 9.17) is 19.9 Å². The lowest BCUT2D eigenvalue weighted by Crippen LogP contribution is -1.92. The third-order valence-electron chi connectivity index (χ3n) is 7.53. The summed E-state index contributed by atoms with van der Waals surface area (Å²) < 4.78 is 0. The quantitative estimate of drug-likeness (QED) is 0.223.